The fraction of sp³-hybridized carbons (Fsp3) is 0.250. The molecule has 3 heteroatoms. The van der Waals surface area contributed by atoms with Crippen molar-refractivity contribution < 1.29 is 9.79 Å². The Balaban J connectivity index is 2.57. The van der Waals surface area contributed by atoms with Gasteiger partial charge in [-0.1, -0.05) is 0 Å². The van der Waals surface area contributed by atoms with E-state index in [-0.39, 0.29) is 0 Å². The molecule has 19 heavy (non-hydrogen) atoms. The van der Waals surface area contributed by atoms with Crippen LogP contribution >= 0.6 is 7.06 Å². The molecule has 2 nitrogen and oxygen atoms in total. The van der Waals surface area contributed by atoms with Crippen LogP contribution in [-0.2, 0) is 0 Å². The van der Waals surface area contributed by atoms with Crippen molar-refractivity contribution in [2.75, 3.05) is 6.16 Å². The van der Waals surface area contributed by atoms with Crippen molar-refractivity contribution in [2.24, 2.45) is 0 Å². The Morgan fingerprint density at radius 3 is 1.58 bits per heavy atom. The van der Waals surface area contributed by atoms with Crippen molar-refractivity contribution in [3.63, 3.8) is 0 Å². The molecule has 0 spiro atoms. The van der Waals surface area contributed by atoms with Crippen LogP contribution in [0.2, 0.25) is 0 Å². The molecule has 0 atom stereocenters. The van der Waals surface area contributed by atoms with Crippen molar-refractivity contribution in [1.29, 1.82) is 0 Å². The van der Waals surface area contributed by atoms with Crippen molar-refractivity contribution in [3.8, 4) is 0 Å². The van der Waals surface area contributed by atoms with Gasteiger partial charge in [-0.15, -0.1) is 0 Å². The van der Waals surface area contributed by atoms with Crippen LogP contribution in [0.15, 0.2) is 60.7 Å². The first kappa shape index (κ1) is 14.2. The van der Waals surface area contributed by atoms with Crippen LogP contribution in [0.1, 0.15) is 19.8 Å². The predicted molar refractivity (Wildman–Crippen MR) is 83.3 cm³/mol. The predicted octanol–water partition coefficient (Wildman–Crippen LogP) is 2.81. The maximum absolute atomic E-state index is 11.2. The molecule has 0 unspecified atom stereocenters. The summed E-state index contributed by atoms with van der Waals surface area (Å²) in [6.07, 6.45) is 2.16. The van der Waals surface area contributed by atoms with Gasteiger partial charge in [-0.25, -0.2) is 0 Å². The van der Waals surface area contributed by atoms with Gasteiger partial charge in [0, 0.05) is 0 Å². The molecule has 2 N–H and O–H groups in total. The van der Waals surface area contributed by atoms with E-state index >= 15 is 0 Å². The zero-order valence-corrected chi connectivity index (χ0v) is 12.1. The van der Waals surface area contributed by atoms with Crippen LogP contribution in [-0.4, -0.2) is 15.9 Å². The second-order valence-corrected chi connectivity index (χ2v) is 8.83. The molecule has 102 valence electrons. The van der Waals surface area contributed by atoms with Crippen molar-refractivity contribution >= 4 is 17.7 Å². The molecule has 0 aliphatic rings. The van der Waals surface area contributed by atoms with Gasteiger partial charge in [0.2, 0.25) is 0 Å². The second-order valence-electron chi connectivity index (χ2n) is 4.95. The average Bonchev–Trinajstić information content (AvgIpc) is 2.47. The Morgan fingerprint density at radius 1 is 0.789 bits per heavy atom. The molecule has 0 fully saturated rings. The van der Waals surface area contributed by atoms with Crippen molar-refractivity contribution in [2.45, 2.75) is 19.8 Å². The first-order valence-electron chi connectivity index (χ1n) is 6.69. The summed E-state index contributed by atoms with van der Waals surface area (Å²) in [6, 6.07) is 18.5. The maximum atomic E-state index is 11.2. The number of rotatable bonds is 5. The summed E-state index contributed by atoms with van der Waals surface area (Å²) in [4.78, 5) is 22.5. The van der Waals surface area contributed by atoms with Gasteiger partial charge in [0.15, 0.2) is 0 Å². The van der Waals surface area contributed by atoms with Crippen LogP contribution in [0.4, 0.5) is 0 Å². The monoisotopic (exact) mass is 276 g/mol. The van der Waals surface area contributed by atoms with Gasteiger partial charge >= 0.3 is 114 Å². The number of benzene rings is 2. The van der Waals surface area contributed by atoms with E-state index in [2.05, 4.69) is 6.92 Å². The first-order valence-corrected chi connectivity index (χ1v) is 9.02. The Hall–Kier alpha value is -1.21. The van der Waals surface area contributed by atoms with Crippen molar-refractivity contribution in [3.05, 3.63) is 60.7 Å². The topological polar surface area (TPSA) is 40.5 Å². The molecule has 2 rings (SSSR count). The van der Waals surface area contributed by atoms with Gasteiger partial charge in [0.1, 0.15) is 0 Å². The molecule has 0 radical (unpaired) electrons. The second kappa shape index (κ2) is 5.42. The van der Waals surface area contributed by atoms with Gasteiger partial charge in [0.25, 0.3) is 0 Å². The molecule has 2 aromatic rings. The molecular formula is C16H21O2P. The van der Waals surface area contributed by atoms with Crippen LogP contribution in [0.3, 0.4) is 0 Å². The van der Waals surface area contributed by atoms with E-state index < -0.39 is 7.06 Å². The van der Waals surface area contributed by atoms with E-state index in [1.165, 1.54) is 0 Å². The Morgan fingerprint density at radius 2 is 1.21 bits per heavy atom. The van der Waals surface area contributed by atoms with Gasteiger partial charge in [0.05, 0.1) is 0 Å². The minimum atomic E-state index is -4.01. The van der Waals surface area contributed by atoms with E-state index in [9.17, 15) is 9.79 Å². The molecule has 0 amide bonds. The summed E-state index contributed by atoms with van der Waals surface area (Å²) in [5.74, 6) is 0. The third-order valence-electron chi connectivity index (χ3n) is 3.53. The van der Waals surface area contributed by atoms with Crippen LogP contribution in [0.25, 0.3) is 0 Å². The fourth-order valence-electron chi connectivity index (χ4n) is 2.35. The number of hydrogen-bond donors (Lipinski definition) is 2. The van der Waals surface area contributed by atoms with Crippen LogP contribution < -0.4 is 10.6 Å². The Kier molecular flexibility index (Phi) is 4.05. The summed E-state index contributed by atoms with van der Waals surface area (Å²) in [5, 5.41) is 1.29. The average molecular weight is 276 g/mol. The van der Waals surface area contributed by atoms with Gasteiger partial charge in [-0.3, -0.25) is 0 Å². The van der Waals surface area contributed by atoms with E-state index in [4.69, 9.17) is 0 Å². The summed E-state index contributed by atoms with van der Waals surface area (Å²) in [7, 11) is -4.01. The molecule has 0 bridgehead atoms. The van der Waals surface area contributed by atoms with Gasteiger partial charge < -0.3 is 0 Å². The Bertz CT molecular complexity index is 479. The molecule has 0 saturated carbocycles. The van der Waals surface area contributed by atoms with E-state index in [1.807, 2.05) is 60.7 Å². The first-order chi connectivity index (χ1) is 9.07. The SMILES string of the molecule is CCCCP(O)(O)(c1ccccc1)c1ccccc1. The third-order valence-corrected chi connectivity index (χ3v) is 7.46. The van der Waals surface area contributed by atoms with Gasteiger partial charge in [-0.05, 0) is 0 Å². The molecule has 0 aliphatic heterocycles. The molecule has 2 aromatic carbocycles. The van der Waals surface area contributed by atoms with Crippen molar-refractivity contribution in [1.82, 2.24) is 0 Å². The molecule has 0 heterocycles. The van der Waals surface area contributed by atoms with Gasteiger partial charge in [-0.2, -0.15) is 0 Å². The number of unbranched alkanes of at least 4 members (excludes halogenated alkanes) is 1. The zero-order valence-electron chi connectivity index (χ0n) is 11.2. The number of hydrogen-bond acceptors (Lipinski definition) is 2. The molecule has 0 aliphatic carbocycles. The summed E-state index contributed by atoms with van der Waals surface area (Å²) in [5.41, 5.74) is 0. The summed E-state index contributed by atoms with van der Waals surface area (Å²) >= 11 is 0. The molecule has 0 saturated heterocycles. The van der Waals surface area contributed by atoms with E-state index in [0.717, 1.165) is 12.8 Å². The Labute approximate surface area is 114 Å². The zero-order chi connectivity index (χ0) is 13.8. The standard InChI is InChI=1S/C16H21O2P/c1-2-3-14-19(17,18,15-10-6-4-7-11-15)16-12-8-5-9-13-16/h4-13,17-18H,2-3,14H2,1H3. The minimum absolute atomic E-state index is 0.413. The summed E-state index contributed by atoms with van der Waals surface area (Å²) in [6.45, 7) is 2.06. The fourth-order valence-corrected chi connectivity index (χ4v) is 5.67. The van der Waals surface area contributed by atoms with Crippen LogP contribution in [0.5, 0.6) is 0 Å². The summed E-state index contributed by atoms with van der Waals surface area (Å²) < 4.78 is 0. The third kappa shape index (κ3) is 2.71. The molecular weight excluding hydrogens is 255 g/mol. The molecule has 0 aromatic heterocycles. The van der Waals surface area contributed by atoms with E-state index in [1.54, 1.807) is 0 Å². The normalized spacial score (nSPS) is 13.7. The van der Waals surface area contributed by atoms with E-state index in [0.29, 0.717) is 16.8 Å². The quantitative estimate of drug-likeness (QED) is 0.824. The van der Waals surface area contributed by atoms with Crippen LogP contribution in [0, 0.1) is 0 Å².